The van der Waals surface area contributed by atoms with Crippen LogP contribution in [0, 0.1) is 0 Å². The maximum atomic E-state index is 12.6. The highest BCUT2D eigenvalue weighted by molar-refractivity contribution is 7.89. The van der Waals surface area contributed by atoms with Crippen molar-refractivity contribution in [2.24, 2.45) is 0 Å². The molecule has 2 atom stereocenters. The highest BCUT2D eigenvalue weighted by Gasteiger charge is 2.32. The number of sulfonamides is 1. The molecule has 140 valence electrons. The van der Waals surface area contributed by atoms with Crippen molar-refractivity contribution in [1.29, 1.82) is 0 Å². The molecule has 0 aliphatic rings. The molecule has 2 aromatic carbocycles. The first kappa shape index (κ1) is 20.1. The second-order valence-electron chi connectivity index (χ2n) is 7.07. The lowest BCUT2D eigenvalue weighted by Gasteiger charge is -2.22. The van der Waals surface area contributed by atoms with E-state index in [0.717, 1.165) is 5.56 Å². The first-order chi connectivity index (χ1) is 12.0. The van der Waals surface area contributed by atoms with Crippen LogP contribution in [-0.4, -0.2) is 30.6 Å². The number of aliphatic carboxylic acids is 1. The van der Waals surface area contributed by atoms with Crippen molar-refractivity contribution in [1.82, 2.24) is 4.72 Å². The molecule has 0 fully saturated rings. The predicted molar refractivity (Wildman–Crippen MR) is 98.3 cm³/mol. The monoisotopic (exact) mass is 377 g/mol. The Bertz CT molecular complexity index is 855. The predicted octanol–water partition coefficient (Wildman–Crippen LogP) is 2.45. The minimum Gasteiger partial charge on any atom is -0.480 e. The first-order valence-corrected chi connectivity index (χ1v) is 9.59. The zero-order chi connectivity index (χ0) is 19.5. The van der Waals surface area contributed by atoms with Crippen LogP contribution in [0.1, 0.15) is 38.0 Å². The van der Waals surface area contributed by atoms with Crippen molar-refractivity contribution in [3.8, 4) is 0 Å². The lowest BCUT2D eigenvalue weighted by atomic mass is 9.87. The van der Waals surface area contributed by atoms with Gasteiger partial charge in [-0.25, -0.2) is 8.42 Å². The summed E-state index contributed by atoms with van der Waals surface area (Å²) < 4.78 is 27.2. The SMILES string of the molecule is CC(C)(C)c1ccc(S(=O)(=O)NC(C(=O)O)C(O)c2ccccc2)cc1. The molecule has 3 N–H and O–H groups in total. The fraction of sp³-hybridized carbons (Fsp3) is 0.316. The Morgan fingerprint density at radius 1 is 1.00 bits per heavy atom. The van der Waals surface area contributed by atoms with Crippen molar-refractivity contribution in [3.63, 3.8) is 0 Å². The topological polar surface area (TPSA) is 104 Å². The highest BCUT2D eigenvalue weighted by atomic mass is 32.2. The van der Waals surface area contributed by atoms with E-state index >= 15 is 0 Å². The number of hydrogen-bond donors (Lipinski definition) is 3. The van der Waals surface area contributed by atoms with Crippen molar-refractivity contribution in [3.05, 3.63) is 65.7 Å². The molecular weight excluding hydrogens is 354 g/mol. The van der Waals surface area contributed by atoms with Gasteiger partial charge in [0.1, 0.15) is 12.1 Å². The van der Waals surface area contributed by atoms with E-state index in [1.54, 1.807) is 30.3 Å². The molecule has 0 aromatic heterocycles. The molecule has 7 heteroatoms. The Hall–Kier alpha value is -2.22. The molecule has 0 spiro atoms. The molecule has 0 heterocycles. The van der Waals surface area contributed by atoms with Gasteiger partial charge in [-0.2, -0.15) is 4.72 Å². The molecule has 6 nitrogen and oxygen atoms in total. The Morgan fingerprint density at radius 3 is 2.00 bits per heavy atom. The summed E-state index contributed by atoms with van der Waals surface area (Å²) in [7, 11) is -4.11. The van der Waals surface area contributed by atoms with E-state index < -0.39 is 28.1 Å². The third kappa shape index (κ3) is 4.69. The van der Waals surface area contributed by atoms with Crippen molar-refractivity contribution >= 4 is 16.0 Å². The standard InChI is InChI=1S/C19H23NO5S/c1-19(2,3)14-9-11-15(12-10-14)26(24,25)20-16(18(22)23)17(21)13-7-5-4-6-8-13/h4-12,16-17,20-21H,1-3H3,(H,22,23). The average molecular weight is 377 g/mol. The first-order valence-electron chi connectivity index (χ1n) is 8.11. The van der Waals surface area contributed by atoms with Crippen molar-refractivity contribution in [2.75, 3.05) is 0 Å². The minimum atomic E-state index is -4.11. The van der Waals surface area contributed by atoms with Crippen LogP contribution in [-0.2, 0) is 20.2 Å². The molecule has 0 saturated heterocycles. The third-order valence-corrected chi connectivity index (χ3v) is 5.49. The number of benzene rings is 2. The Labute approximate surface area is 153 Å². The summed E-state index contributed by atoms with van der Waals surface area (Å²) in [5.74, 6) is -1.46. The number of rotatable bonds is 6. The maximum absolute atomic E-state index is 12.6. The number of aliphatic hydroxyl groups excluding tert-OH is 1. The van der Waals surface area contributed by atoms with Gasteiger partial charge in [-0.05, 0) is 28.7 Å². The van der Waals surface area contributed by atoms with Gasteiger partial charge < -0.3 is 10.2 Å². The van der Waals surface area contributed by atoms with Gasteiger partial charge in [0.15, 0.2) is 0 Å². The third-order valence-electron chi connectivity index (χ3n) is 4.04. The normalized spacial score (nSPS) is 14.6. The quantitative estimate of drug-likeness (QED) is 0.717. The van der Waals surface area contributed by atoms with Crippen LogP contribution in [0.25, 0.3) is 0 Å². The maximum Gasteiger partial charge on any atom is 0.324 e. The number of nitrogens with one attached hydrogen (secondary N) is 1. The second kappa shape index (κ2) is 7.57. The second-order valence-corrected chi connectivity index (χ2v) is 8.78. The summed E-state index contributed by atoms with van der Waals surface area (Å²) in [4.78, 5) is 11.5. The molecule has 26 heavy (non-hydrogen) atoms. The van der Waals surface area contributed by atoms with Crippen LogP contribution in [0.5, 0.6) is 0 Å². The molecule has 0 aliphatic heterocycles. The van der Waals surface area contributed by atoms with Gasteiger partial charge >= 0.3 is 5.97 Å². The van der Waals surface area contributed by atoms with E-state index in [2.05, 4.69) is 4.72 Å². The van der Waals surface area contributed by atoms with Gasteiger partial charge in [0, 0.05) is 0 Å². The zero-order valence-electron chi connectivity index (χ0n) is 14.9. The summed E-state index contributed by atoms with van der Waals surface area (Å²) in [6.07, 6.45) is -1.52. The van der Waals surface area contributed by atoms with Crippen LogP contribution in [0.3, 0.4) is 0 Å². The molecule has 0 amide bonds. The Kier molecular flexibility index (Phi) is 5.85. The van der Waals surface area contributed by atoms with Gasteiger partial charge in [0.05, 0.1) is 4.90 Å². The van der Waals surface area contributed by atoms with Crippen LogP contribution in [0.4, 0.5) is 0 Å². The molecule has 2 rings (SSSR count). The smallest absolute Gasteiger partial charge is 0.324 e. The van der Waals surface area contributed by atoms with Crippen LogP contribution in [0.15, 0.2) is 59.5 Å². The number of carbonyl (C=O) groups is 1. The van der Waals surface area contributed by atoms with E-state index in [1.807, 2.05) is 20.8 Å². The van der Waals surface area contributed by atoms with Crippen molar-refractivity contribution < 1.29 is 23.4 Å². The Morgan fingerprint density at radius 2 is 1.54 bits per heavy atom. The van der Waals surface area contributed by atoms with Crippen LogP contribution < -0.4 is 4.72 Å². The van der Waals surface area contributed by atoms with Gasteiger partial charge in [0.2, 0.25) is 10.0 Å². The summed E-state index contributed by atoms with van der Waals surface area (Å²) >= 11 is 0. The van der Waals surface area contributed by atoms with Gasteiger partial charge in [0.25, 0.3) is 0 Å². The molecule has 0 bridgehead atoms. The number of carboxylic acids is 1. The van der Waals surface area contributed by atoms with Gasteiger partial charge in [-0.15, -0.1) is 0 Å². The summed E-state index contributed by atoms with van der Waals surface area (Å²) in [5.41, 5.74) is 1.13. The van der Waals surface area contributed by atoms with E-state index in [0.29, 0.717) is 5.56 Å². The fourth-order valence-corrected chi connectivity index (χ4v) is 3.66. The van der Waals surface area contributed by atoms with E-state index in [4.69, 9.17) is 0 Å². The number of carboxylic acid groups (broad SMARTS) is 1. The minimum absolute atomic E-state index is 0.0583. The van der Waals surface area contributed by atoms with Crippen LogP contribution in [0.2, 0.25) is 0 Å². The average Bonchev–Trinajstić information content (AvgIpc) is 2.59. The zero-order valence-corrected chi connectivity index (χ0v) is 15.7. The number of aliphatic hydroxyl groups is 1. The van der Waals surface area contributed by atoms with Gasteiger partial charge in [-0.3, -0.25) is 4.79 Å². The summed E-state index contributed by atoms with van der Waals surface area (Å²) in [5, 5.41) is 19.7. The molecule has 2 aromatic rings. The molecular formula is C19H23NO5S. The van der Waals surface area contributed by atoms with Crippen LogP contribution >= 0.6 is 0 Å². The molecule has 0 aliphatic carbocycles. The molecule has 0 saturated carbocycles. The van der Waals surface area contributed by atoms with Gasteiger partial charge in [-0.1, -0.05) is 63.2 Å². The van der Waals surface area contributed by atoms with E-state index in [1.165, 1.54) is 24.3 Å². The largest absolute Gasteiger partial charge is 0.480 e. The molecule has 0 radical (unpaired) electrons. The highest BCUT2D eigenvalue weighted by Crippen LogP contribution is 2.24. The number of hydrogen-bond acceptors (Lipinski definition) is 4. The lowest BCUT2D eigenvalue weighted by Crippen LogP contribution is -2.44. The fourth-order valence-electron chi connectivity index (χ4n) is 2.46. The molecule has 2 unspecified atom stereocenters. The lowest BCUT2D eigenvalue weighted by molar-refractivity contribution is -0.141. The van der Waals surface area contributed by atoms with Crippen molar-refractivity contribution in [2.45, 2.75) is 43.2 Å². The Balaban J connectivity index is 2.28. The van der Waals surface area contributed by atoms with E-state index in [9.17, 15) is 23.4 Å². The van der Waals surface area contributed by atoms with E-state index in [-0.39, 0.29) is 10.3 Å². The summed E-state index contributed by atoms with van der Waals surface area (Å²) in [6.45, 7) is 6.02. The summed E-state index contributed by atoms with van der Waals surface area (Å²) in [6, 6.07) is 12.6.